The monoisotopic (exact) mass is 372 g/mol. The Morgan fingerprint density at radius 2 is 1.74 bits per heavy atom. The van der Waals surface area contributed by atoms with Crippen LogP contribution in [0.5, 0.6) is 0 Å². The highest BCUT2D eigenvalue weighted by Gasteiger charge is 2.26. The molecule has 1 aromatic rings. The Morgan fingerprint density at radius 1 is 1.07 bits per heavy atom. The molecule has 1 aliphatic carbocycles. The third-order valence-electron chi connectivity index (χ3n) is 5.11. The molecule has 27 heavy (non-hydrogen) atoms. The van der Waals surface area contributed by atoms with Crippen molar-refractivity contribution in [2.75, 3.05) is 32.7 Å². The molecule has 7 nitrogen and oxygen atoms in total. The van der Waals surface area contributed by atoms with Gasteiger partial charge in [0.25, 0.3) is 0 Å². The number of imide groups is 1. The smallest absolute Gasteiger partial charge is 0.321 e. The Hall–Kier alpha value is -2.41. The van der Waals surface area contributed by atoms with Gasteiger partial charge in [-0.25, -0.2) is 4.79 Å². The van der Waals surface area contributed by atoms with Crippen molar-refractivity contribution in [3.8, 4) is 0 Å². The molecule has 1 heterocycles. The molecule has 0 bridgehead atoms. The van der Waals surface area contributed by atoms with Gasteiger partial charge in [0, 0.05) is 38.6 Å². The fourth-order valence-corrected chi connectivity index (χ4v) is 3.26. The Kier molecular flexibility index (Phi) is 6.45. The fourth-order valence-electron chi connectivity index (χ4n) is 3.26. The van der Waals surface area contributed by atoms with Gasteiger partial charge in [0.1, 0.15) is 0 Å². The third kappa shape index (κ3) is 6.06. The Morgan fingerprint density at radius 3 is 2.37 bits per heavy atom. The molecule has 1 unspecified atom stereocenters. The second kappa shape index (κ2) is 8.99. The number of hydrogen-bond acceptors (Lipinski definition) is 4. The lowest BCUT2D eigenvalue weighted by Gasteiger charge is -2.34. The molecule has 1 saturated carbocycles. The van der Waals surface area contributed by atoms with Crippen LogP contribution in [0.25, 0.3) is 0 Å². The zero-order valence-corrected chi connectivity index (χ0v) is 15.8. The maximum Gasteiger partial charge on any atom is 0.321 e. The van der Waals surface area contributed by atoms with Gasteiger partial charge in [0.2, 0.25) is 11.8 Å². The summed E-state index contributed by atoms with van der Waals surface area (Å²) in [6.45, 7) is 4.76. The van der Waals surface area contributed by atoms with Crippen molar-refractivity contribution in [2.24, 2.45) is 0 Å². The summed E-state index contributed by atoms with van der Waals surface area (Å²) in [7, 11) is 0. The van der Waals surface area contributed by atoms with Crippen LogP contribution in [0.1, 0.15) is 37.7 Å². The second-order valence-corrected chi connectivity index (χ2v) is 7.47. The number of piperazine rings is 1. The molecular formula is C20H28N4O3. The molecule has 2 fully saturated rings. The highest BCUT2D eigenvalue weighted by molar-refractivity contribution is 5.95. The summed E-state index contributed by atoms with van der Waals surface area (Å²) in [5.74, 6) is 0.0392. The first-order valence-electron chi connectivity index (χ1n) is 9.66. The molecular weight excluding hydrogens is 344 g/mol. The van der Waals surface area contributed by atoms with E-state index >= 15 is 0 Å². The number of rotatable bonds is 6. The predicted molar refractivity (Wildman–Crippen MR) is 102 cm³/mol. The average molecular weight is 372 g/mol. The number of urea groups is 1. The summed E-state index contributed by atoms with van der Waals surface area (Å²) in [5, 5.41) is 5.10. The van der Waals surface area contributed by atoms with E-state index in [-0.39, 0.29) is 30.3 Å². The summed E-state index contributed by atoms with van der Waals surface area (Å²) < 4.78 is 0. The van der Waals surface area contributed by atoms with Gasteiger partial charge < -0.3 is 10.2 Å². The molecule has 0 radical (unpaired) electrons. The van der Waals surface area contributed by atoms with Crippen LogP contribution in [-0.4, -0.2) is 66.4 Å². The van der Waals surface area contributed by atoms with E-state index in [1.165, 1.54) is 5.56 Å². The second-order valence-electron chi connectivity index (χ2n) is 7.47. The van der Waals surface area contributed by atoms with E-state index in [1.54, 1.807) is 0 Å². The minimum atomic E-state index is -0.411. The zero-order valence-electron chi connectivity index (χ0n) is 15.8. The van der Waals surface area contributed by atoms with E-state index in [1.807, 2.05) is 40.1 Å². The normalized spacial score (nSPS) is 18.6. The average Bonchev–Trinajstić information content (AvgIpc) is 3.46. The molecule has 0 spiro atoms. The van der Waals surface area contributed by atoms with Gasteiger partial charge in [0.05, 0.1) is 6.54 Å². The highest BCUT2D eigenvalue weighted by atomic mass is 16.2. The first-order valence-corrected chi connectivity index (χ1v) is 9.66. The van der Waals surface area contributed by atoms with Crippen molar-refractivity contribution < 1.29 is 14.4 Å². The van der Waals surface area contributed by atoms with E-state index in [9.17, 15) is 14.4 Å². The van der Waals surface area contributed by atoms with Crippen LogP contribution in [0.4, 0.5) is 4.79 Å². The van der Waals surface area contributed by atoms with Crippen molar-refractivity contribution >= 4 is 17.8 Å². The van der Waals surface area contributed by atoms with Crippen LogP contribution >= 0.6 is 0 Å². The molecule has 1 aliphatic heterocycles. The van der Waals surface area contributed by atoms with Crippen LogP contribution in [0.2, 0.25) is 0 Å². The number of nitrogens with one attached hydrogen (secondary N) is 2. The maximum atomic E-state index is 12.5. The van der Waals surface area contributed by atoms with Gasteiger partial charge in [0.15, 0.2) is 0 Å². The molecule has 0 aromatic heterocycles. The Labute approximate surface area is 160 Å². The minimum Gasteiger partial charge on any atom is -0.340 e. The van der Waals surface area contributed by atoms with Crippen LogP contribution < -0.4 is 10.6 Å². The quantitative estimate of drug-likeness (QED) is 0.789. The molecule has 2 aliphatic rings. The molecule has 3 rings (SSSR count). The maximum absolute atomic E-state index is 12.5. The highest BCUT2D eigenvalue weighted by Crippen LogP contribution is 2.20. The summed E-state index contributed by atoms with van der Waals surface area (Å²) in [4.78, 5) is 39.9. The molecule has 4 amide bonds. The van der Waals surface area contributed by atoms with Gasteiger partial charge in [-0.15, -0.1) is 0 Å². The molecule has 146 valence electrons. The van der Waals surface area contributed by atoms with E-state index in [2.05, 4.69) is 17.6 Å². The van der Waals surface area contributed by atoms with Gasteiger partial charge in [-0.1, -0.05) is 37.3 Å². The fraction of sp³-hybridized carbons (Fsp3) is 0.550. The number of carbonyl (C=O) groups is 3. The van der Waals surface area contributed by atoms with Crippen LogP contribution in [-0.2, 0) is 9.59 Å². The zero-order chi connectivity index (χ0) is 19.2. The predicted octanol–water partition coefficient (Wildman–Crippen LogP) is 1.31. The van der Waals surface area contributed by atoms with E-state index < -0.39 is 6.03 Å². The first-order chi connectivity index (χ1) is 13.0. The number of nitrogens with zero attached hydrogens (tertiary/aromatic N) is 2. The Bertz CT molecular complexity index is 667. The first kappa shape index (κ1) is 19.4. The molecule has 1 saturated heterocycles. The molecule has 1 atom stereocenters. The van der Waals surface area contributed by atoms with E-state index in [0.717, 1.165) is 12.8 Å². The standard InChI is InChI=1S/C20H28N4O3/c1-15(16-5-3-2-4-6-16)13-19(26)24-11-9-23(10-12-24)14-18(25)22-20(27)21-17-7-8-17/h2-6,15,17H,7-14H2,1H3,(H2,21,22,25,27). The largest absolute Gasteiger partial charge is 0.340 e. The molecule has 7 heteroatoms. The van der Waals surface area contributed by atoms with Crippen LogP contribution in [0, 0.1) is 0 Å². The van der Waals surface area contributed by atoms with Crippen LogP contribution in [0.15, 0.2) is 30.3 Å². The number of amides is 4. The third-order valence-corrected chi connectivity index (χ3v) is 5.11. The van der Waals surface area contributed by atoms with Gasteiger partial charge >= 0.3 is 6.03 Å². The SMILES string of the molecule is CC(CC(=O)N1CCN(CC(=O)NC(=O)NC2CC2)CC1)c1ccccc1. The van der Waals surface area contributed by atoms with Crippen molar-refractivity contribution in [1.29, 1.82) is 0 Å². The number of carbonyl (C=O) groups excluding carboxylic acids is 3. The minimum absolute atomic E-state index is 0.152. The lowest BCUT2D eigenvalue weighted by molar-refractivity contribution is -0.133. The lowest BCUT2D eigenvalue weighted by Crippen LogP contribution is -2.52. The molecule has 2 N–H and O–H groups in total. The van der Waals surface area contributed by atoms with Crippen molar-refractivity contribution in [3.05, 3.63) is 35.9 Å². The van der Waals surface area contributed by atoms with Gasteiger partial charge in [-0.05, 0) is 24.3 Å². The van der Waals surface area contributed by atoms with Crippen LogP contribution in [0.3, 0.4) is 0 Å². The summed E-state index contributed by atoms with van der Waals surface area (Å²) in [6, 6.07) is 9.87. The lowest BCUT2D eigenvalue weighted by atomic mass is 9.97. The van der Waals surface area contributed by atoms with Crippen molar-refractivity contribution in [3.63, 3.8) is 0 Å². The summed E-state index contributed by atoms with van der Waals surface area (Å²) >= 11 is 0. The topological polar surface area (TPSA) is 81.8 Å². The Balaban J connectivity index is 1.37. The number of hydrogen-bond donors (Lipinski definition) is 2. The molecule has 1 aromatic carbocycles. The van der Waals surface area contributed by atoms with E-state index in [0.29, 0.717) is 32.6 Å². The van der Waals surface area contributed by atoms with Gasteiger partial charge in [-0.3, -0.25) is 19.8 Å². The number of benzene rings is 1. The van der Waals surface area contributed by atoms with Crippen molar-refractivity contribution in [1.82, 2.24) is 20.4 Å². The van der Waals surface area contributed by atoms with E-state index in [4.69, 9.17) is 0 Å². The van der Waals surface area contributed by atoms with Crippen molar-refractivity contribution in [2.45, 2.75) is 38.1 Å². The summed E-state index contributed by atoms with van der Waals surface area (Å²) in [5.41, 5.74) is 1.17. The van der Waals surface area contributed by atoms with Gasteiger partial charge in [-0.2, -0.15) is 0 Å². The summed E-state index contributed by atoms with van der Waals surface area (Å²) in [6.07, 6.45) is 2.47.